The van der Waals surface area contributed by atoms with Gasteiger partial charge in [-0.2, -0.15) is 0 Å². The third kappa shape index (κ3) is 11.3. The van der Waals surface area contributed by atoms with Gasteiger partial charge in [0, 0.05) is 12.8 Å². The van der Waals surface area contributed by atoms with E-state index < -0.39 is 17.7 Å². The molecular weight excluding hydrogens is 295 g/mol. The number of esters is 2. The van der Waals surface area contributed by atoms with Crippen molar-refractivity contribution in [1.29, 1.82) is 1.43 Å². The van der Waals surface area contributed by atoms with E-state index in [9.17, 15) is 9.59 Å². The fraction of sp³-hybridized carbons (Fsp3) is 0.846. The molecule has 0 spiro atoms. The van der Waals surface area contributed by atoms with E-state index in [0.717, 1.165) is 12.8 Å². The normalized spacial score (nSPS) is 20.0. The SMILES string of the molecule is OB=S.[3H]O[C@@H](CC(=O)OC(C)(C)C)C[C@@H]1CCCC(=O)O1. The van der Waals surface area contributed by atoms with Crippen molar-refractivity contribution < 1.29 is 29.2 Å². The van der Waals surface area contributed by atoms with Crippen LogP contribution in [0.2, 0.25) is 0 Å². The summed E-state index contributed by atoms with van der Waals surface area (Å²) >= 11 is 3.82. The molecule has 0 aromatic rings. The molecule has 0 bridgehead atoms. The molecule has 1 aliphatic heterocycles. The van der Waals surface area contributed by atoms with E-state index in [1.54, 1.807) is 20.8 Å². The summed E-state index contributed by atoms with van der Waals surface area (Å²) in [6, 6.07) is 0. The van der Waals surface area contributed by atoms with E-state index in [0.29, 0.717) is 19.2 Å². The summed E-state index contributed by atoms with van der Waals surface area (Å²) in [5, 5.41) is 11.8. The van der Waals surface area contributed by atoms with Crippen LogP contribution < -0.4 is 0 Å². The van der Waals surface area contributed by atoms with Gasteiger partial charge in [-0.05, 0) is 33.6 Å². The molecule has 0 aliphatic carbocycles. The molecule has 0 saturated carbocycles. The Bertz CT molecular complexity index is 374. The van der Waals surface area contributed by atoms with Crippen LogP contribution in [0, 0.1) is 0 Å². The number of cyclic esters (lactones) is 1. The Balaban J connectivity index is 0.00000135. The third-order valence-electron chi connectivity index (χ3n) is 2.55. The van der Waals surface area contributed by atoms with Crippen LogP contribution in [-0.2, 0) is 19.1 Å². The maximum atomic E-state index is 11.6. The summed E-state index contributed by atoms with van der Waals surface area (Å²) in [7, 11) is 0. The molecule has 1 aliphatic rings. The van der Waals surface area contributed by atoms with E-state index in [4.69, 9.17) is 15.9 Å². The van der Waals surface area contributed by atoms with Crippen LogP contribution in [0.5, 0.6) is 0 Å². The molecule has 2 N–H and O–H groups in total. The average Bonchev–Trinajstić information content (AvgIpc) is 2.36. The van der Waals surface area contributed by atoms with Gasteiger partial charge in [0.25, 0.3) is 0 Å². The molecule has 1 rings (SSSR count). The fourth-order valence-corrected chi connectivity index (χ4v) is 1.89. The monoisotopic (exact) mass is 320 g/mol. The van der Waals surface area contributed by atoms with Gasteiger partial charge >= 0.3 is 35.4 Å². The van der Waals surface area contributed by atoms with E-state index in [-0.39, 0.29) is 18.5 Å². The van der Waals surface area contributed by atoms with Gasteiger partial charge in [0.15, 0.2) is 0 Å². The van der Waals surface area contributed by atoms with Crippen LogP contribution in [0.25, 0.3) is 0 Å². The first-order valence-corrected chi connectivity index (χ1v) is 7.30. The first kappa shape index (κ1) is 18.0. The first-order valence-electron chi connectivity index (χ1n) is 7.23. The summed E-state index contributed by atoms with van der Waals surface area (Å²) in [6.07, 6.45) is 2.03. The van der Waals surface area contributed by atoms with Crippen LogP contribution in [0.1, 0.15) is 52.9 Å². The summed E-state index contributed by atoms with van der Waals surface area (Å²) < 4.78 is 17.3. The predicted molar refractivity (Wildman–Crippen MR) is 80.4 cm³/mol. The Morgan fingerprint density at radius 2 is 2.29 bits per heavy atom. The molecule has 8 heteroatoms. The van der Waals surface area contributed by atoms with Crippen molar-refractivity contribution in [2.75, 3.05) is 0 Å². The van der Waals surface area contributed by atoms with Crippen molar-refractivity contribution in [3.05, 3.63) is 0 Å². The number of hydrogen-bond acceptors (Lipinski definition) is 6. The van der Waals surface area contributed by atoms with E-state index >= 15 is 0 Å². The second-order valence-corrected chi connectivity index (χ2v) is 5.97. The minimum absolute atomic E-state index is 0.00514. The first-order chi connectivity index (χ1) is 10.2. The Kier molecular flexibility index (Phi) is 8.45. The second-order valence-electron chi connectivity index (χ2n) is 5.76. The quantitative estimate of drug-likeness (QED) is 0.582. The van der Waals surface area contributed by atoms with Crippen molar-refractivity contribution in [1.82, 2.24) is 0 Å². The average molecular weight is 320 g/mol. The van der Waals surface area contributed by atoms with Crippen molar-refractivity contribution in [2.45, 2.75) is 70.7 Å². The molecule has 21 heavy (non-hydrogen) atoms. The summed E-state index contributed by atoms with van der Waals surface area (Å²) in [5.74, 6) is -0.635. The van der Waals surface area contributed by atoms with Gasteiger partial charge < -0.3 is 14.6 Å². The van der Waals surface area contributed by atoms with Gasteiger partial charge in [-0.25, -0.2) is 0 Å². The minimum Gasteiger partial charge on any atom is -0.462 e. The minimum atomic E-state index is -0.606. The van der Waals surface area contributed by atoms with Crippen LogP contribution in [-0.4, -0.2) is 47.7 Å². The van der Waals surface area contributed by atoms with Gasteiger partial charge in [0.1, 0.15) is 11.7 Å². The summed E-state index contributed by atoms with van der Waals surface area (Å²) in [5.41, 5.74) is -0.555. The zero-order valence-electron chi connectivity index (χ0n) is 13.7. The number of carbonyl (C=O) groups is 2. The molecule has 0 aromatic heterocycles. The molecule has 1 fully saturated rings. The molecular formula is C13H23BO6S. The number of ether oxygens (including phenoxy) is 2. The number of carbonyl (C=O) groups excluding carboxylic acids is 2. The molecule has 6 nitrogen and oxygen atoms in total. The second kappa shape index (κ2) is 9.84. The molecule has 0 radical (unpaired) electrons. The van der Waals surface area contributed by atoms with E-state index in [2.05, 4.69) is 17.2 Å². The van der Waals surface area contributed by atoms with Crippen LogP contribution in [0.4, 0.5) is 0 Å². The van der Waals surface area contributed by atoms with Crippen LogP contribution in [0.3, 0.4) is 0 Å². The Morgan fingerprint density at radius 3 is 2.76 bits per heavy atom. The maximum absolute atomic E-state index is 11.6. The van der Waals surface area contributed by atoms with E-state index in [1.807, 2.05) is 0 Å². The molecule has 1 saturated heterocycles. The fourth-order valence-electron chi connectivity index (χ4n) is 1.89. The summed E-state index contributed by atoms with van der Waals surface area (Å²) in [6.45, 7) is 5.35. The standard InChI is InChI=1S/C13H22O5.BHOS/c1-13(2,3)18-12(16)8-9(14)7-10-5-4-6-11(15)17-10;2-1-3/h9-10,14H,4-8H2,1-3H3;2H/t9-,10+;/m1./s1/i14T;. The predicted octanol–water partition coefficient (Wildman–Crippen LogP) is 1.28. The number of aliphatic hydroxyl groups is 1. The van der Waals surface area contributed by atoms with E-state index in [1.165, 1.54) is 0 Å². The molecule has 0 amide bonds. The molecule has 0 aromatic carbocycles. The topological polar surface area (TPSA) is 93.1 Å². The molecule has 120 valence electrons. The molecule has 2 atom stereocenters. The van der Waals surface area contributed by atoms with Gasteiger partial charge in [-0.15, -0.1) is 0 Å². The number of aliphatic hydroxyl groups excluding tert-OH is 1. The largest absolute Gasteiger partial charge is 0.462 e. The Morgan fingerprint density at radius 1 is 1.67 bits per heavy atom. The number of hydrogen-bond donors (Lipinski definition) is 2. The maximum Gasteiger partial charge on any atom is 0.308 e. The van der Waals surface area contributed by atoms with Gasteiger partial charge in [-0.3, -0.25) is 9.59 Å². The van der Waals surface area contributed by atoms with Crippen molar-refractivity contribution in [2.24, 2.45) is 0 Å². The van der Waals surface area contributed by atoms with Gasteiger partial charge in [-0.1, -0.05) is 0 Å². The zero-order valence-corrected chi connectivity index (χ0v) is 13.5. The van der Waals surface area contributed by atoms with Crippen molar-refractivity contribution in [3.8, 4) is 0 Å². The van der Waals surface area contributed by atoms with Crippen molar-refractivity contribution in [3.63, 3.8) is 0 Å². The van der Waals surface area contributed by atoms with Crippen LogP contribution in [0.15, 0.2) is 0 Å². The molecule has 0 unspecified atom stereocenters. The Labute approximate surface area is 132 Å². The number of rotatable bonds is 5. The van der Waals surface area contributed by atoms with Crippen molar-refractivity contribution >= 4 is 30.4 Å². The van der Waals surface area contributed by atoms with Crippen LogP contribution >= 0.6 is 12.1 Å². The van der Waals surface area contributed by atoms with Gasteiger partial charge in [0.05, 0.1) is 12.5 Å². The zero-order chi connectivity index (χ0) is 17.2. The Hall–Kier alpha value is -1.02. The smallest absolute Gasteiger partial charge is 0.308 e. The third-order valence-corrected chi connectivity index (χ3v) is 2.55. The summed E-state index contributed by atoms with van der Waals surface area (Å²) in [4.78, 5) is 22.8. The molecule has 1 heterocycles. The van der Waals surface area contributed by atoms with Gasteiger partial charge in [0.2, 0.25) is 1.43 Å².